The van der Waals surface area contributed by atoms with Crippen LogP contribution >= 0.6 is 0 Å². The van der Waals surface area contributed by atoms with Crippen LogP contribution in [0.3, 0.4) is 0 Å². The van der Waals surface area contributed by atoms with E-state index in [4.69, 9.17) is 13.9 Å². The van der Waals surface area contributed by atoms with Gasteiger partial charge in [0.2, 0.25) is 12.7 Å². The molecule has 0 spiro atoms. The van der Waals surface area contributed by atoms with Crippen molar-refractivity contribution in [2.75, 3.05) is 44.8 Å². The molecular weight excluding hydrogens is 392 g/mol. The number of nitrogens with zero attached hydrogens (tertiary/aromatic N) is 2. The number of urea groups is 1. The fraction of sp³-hybridized carbons (Fsp3) is 0.350. The van der Waals surface area contributed by atoms with E-state index < -0.39 is 11.9 Å². The summed E-state index contributed by atoms with van der Waals surface area (Å²) in [6.45, 7) is 4.02. The average molecular weight is 414 g/mol. The molecule has 1 aromatic heterocycles. The van der Waals surface area contributed by atoms with Crippen LogP contribution in [0.5, 0.6) is 11.5 Å². The van der Waals surface area contributed by atoms with E-state index in [9.17, 15) is 14.4 Å². The number of imide groups is 1. The van der Waals surface area contributed by atoms with Crippen LogP contribution in [0.2, 0.25) is 0 Å². The topological polar surface area (TPSA) is 113 Å². The largest absolute Gasteiger partial charge is 0.456 e. The SMILES string of the molecule is Cc1ccc(C(=O)N2CCN(CC(=O)NC(=O)Nc3ccc4c(c3)OCO4)CC2)o1. The van der Waals surface area contributed by atoms with E-state index in [2.05, 4.69) is 10.6 Å². The van der Waals surface area contributed by atoms with Crippen molar-refractivity contribution in [3.8, 4) is 11.5 Å². The first-order valence-electron chi connectivity index (χ1n) is 9.56. The number of rotatable bonds is 4. The normalized spacial score (nSPS) is 15.7. The first-order valence-corrected chi connectivity index (χ1v) is 9.56. The molecule has 0 unspecified atom stereocenters. The fourth-order valence-electron chi connectivity index (χ4n) is 3.32. The molecule has 0 aliphatic carbocycles. The van der Waals surface area contributed by atoms with Crippen molar-refractivity contribution in [2.45, 2.75) is 6.92 Å². The minimum atomic E-state index is -0.624. The van der Waals surface area contributed by atoms with Gasteiger partial charge in [0.15, 0.2) is 17.3 Å². The Morgan fingerprint density at radius 3 is 2.50 bits per heavy atom. The van der Waals surface area contributed by atoms with E-state index >= 15 is 0 Å². The zero-order valence-electron chi connectivity index (χ0n) is 16.5. The summed E-state index contributed by atoms with van der Waals surface area (Å²) in [5.41, 5.74) is 0.491. The maximum absolute atomic E-state index is 12.4. The smallest absolute Gasteiger partial charge is 0.325 e. The summed E-state index contributed by atoms with van der Waals surface area (Å²) >= 11 is 0. The number of furan rings is 1. The van der Waals surface area contributed by atoms with Gasteiger partial charge in [-0.25, -0.2) is 4.79 Å². The molecule has 3 heterocycles. The molecule has 2 aromatic rings. The number of carbonyl (C=O) groups is 3. The van der Waals surface area contributed by atoms with Gasteiger partial charge in [-0.15, -0.1) is 0 Å². The predicted molar refractivity (Wildman–Crippen MR) is 106 cm³/mol. The Balaban J connectivity index is 1.21. The molecule has 30 heavy (non-hydrogen) atoms. The summed E-state index contributed by atoms with van der Waals surface area (Å²) in [4.78, 5) is 40.2. The van der Waals surface area contributed by atoms with Gasteiger partial charge in [-0.2, -0.15) is 0 Å². The van der Waals surface area contributed by atoms with Crippen molar-refractivity contribution in [1.82, 2.24) is 15.1 Å². The molecule has 158 valence electrons. The molecule has 2 aliphatic rings. The monoisotopic (exact) mass is 414 g/mol. The van der Waals surface area contributed by atoms with Gasteiger partial charge in [0.05, 0.1) is 6.54 Å². The number of fused-ring (bicyclic) bond motifs is 1. The molecule has 2 N–H and O–H groups in total. The van der Waals surface area contributed by atoms with E-state index in [0.29, 0.717) is 54.9 Å². The van der Waals surface area contributed by atoms with Gasteiger partial charge in [-0.05, 0) is 31.2 Å². The molecule has 0 saturated carbocycles. The lowest BCUT2D eigenvalue weighted by Gasteiger charge is -2.33. The second-order valence-corrected chi connectivity index (χ2v) is 7.05. The van der Waals surface area contributed by atoms with Crippen LogP contribution in [0.15, 0.2) is 34.7 Å². The van der Waals surface area contributed by atoms with Gasteiger partial charge < -0.3 is 24.1 Å². The van der Waals surface area contributed by atoms with Crippen molar-refractivity contribution >= 4 is 23.5 Å². The number of nitrogens with one attached hydrogen (secondary N) is 2. The number of amides is 4. The van der Waals surface area contributed by atoms with Gasteiger partial charge in [-0.3, -0.25) is 19.8 Å². The Kier molecular flexibility index (Phi) is 5.57. The summed E-state index contributed by atoms with van der Waals surface area (Å²) in [6, 6.07) is 7.77. The molecule has 2 aliphatic heterocycles. The van der Waals surface area contributed by atoms with Crippen molar-refractivity contribution < 1.29 is 28.3 Å². The van der Waals surface area contributed by atoms with Crippen molar-refractivity contribution in [3.63, 3.8) is 0 Å². The quantitative estimate of drug-likeness (QED) is 0.778. The van der Waals surface area contributed by atoms with Crippen LogP contribution in [0.25, 0.3) is 0 Å². The van der Waals surface area contributed by atoms with Crippen molar-refractivity contribution in [2.24, 2.45) is 0 Å². The van der Waals surface area contributed by atoms with Crippen molar-refractivity contribution in [3.05, 3.63) is 41.9 Å². The third-order valence-electron chi connectivity index (χ3n) is 4.86. The van der Waals surface area contributed by atoms with Crippen LogP contribution in [0, 0.1) is 6.92 Å². The molecule has 10 heteroatoms. The summed E-state index contributed by atoms with van der Waals surface area (Å²) in [5.74, 6) is 1.57. The third kappa shape index (κ3) is 4.54. The Labute approximate surface area is 172 Å². The minimum Gasteiger partial charge on any atom is -0.456 e. The molecule has 0 radical (unpaired) electrons. The highest BCUT2D eigenvalue weighted by Crippen LogP contribution is 2.34. The lowest BCUT2D eigenvalue weighted by molar-refractivity contribution is -0.121. The maximum Gasteiger partial charge on any atom is 0.325 e. The number of anilines is 1. The molecule has 1 fully saturated rings. The molecular formula is C20H22N4O6. The molecule has 0 atom stereocenters. The third-order valence-corrected chi connectivity index (χ3v) is 4.86. The molecule has 1 saturated heterocycles. The number of hydrogen-bond acceptors (Lipinski definition) is 7. The summed E-state index contributed by atoms with van der Waals surface area (Å²) in [7, 11) is 0. The Hall–Kier alpha value is -3.53. The standard InChI is InChI=1S/C20H22N4O6/c1-13-2-4-16(30-13)19(26)24-8-6-23(7-9-24)11-18(25)22-20(27)21-14-3-5-15-17(10-14)29-12-28-15/h2-5,10H,6-9,11-12H2,1H3,(H2,21,22,25,27). The molecule has 10 nitrogen and oxygen atoms in total. The first kappa shape index (κ1) is 19.8. The van der Waals surface area contributed by atoms with E-state index in [-0.39, 0.29) is 19.2 Å². The van der Waals surface area contributed by atoms with Crippen LogP contribution in [0.4, 0.5) is 10.5 Å². The Morgan fingerprint density at radius 2 is 1.77 bits per heavy atom. The van der Waals surface area contributed by atoms with E-state index in [1.165, 1.54) is 0 Å². The van der Waals surface area contributed by atoms with Gasteiger partial charge in [-0.1, -0.05) is 0 Å². The fourth-order valence-corrected chi connectivity index (χ4v) is 3.32. The van der Waals surface area contributed by atoms with E-state index in [1.807, 2.05) is 4.90 Å². The first-order chi connectivity index (χ1) is 14.5. The van der Waals surface area contributed by atoms with Gasteiger partial charge >= 0.3 is 6.03 Å². The zero-order valence-corrected chi connectivity index (χ0v) is 16.5. The number of piperazine rings is 1. The Bertz CT molecular complexity index is 964. The molecule has 0 bridgehead atoms. The highest BCUT2D eigenvalue weighted by Gasteiger charge is 2.25. The molecule has 4 amide bonds. The molecule has 4 rings (SSSR count). The lowest BCUT2D eigenvalue weighted by atomic mass is 10.2. The van der Waals surface area contributed by atoms with E-state index in [0.717, 1.165) is 0 Å². The second-order valence-electron chi connectivity index (χ2n) is 7.05. The number of hydrogen-bond donors (Lipinski definition) is 2. The number of carbonyl (C=O) groups excluding carboxylic acids is 3. The summed E-state index contributed by atoms with van der Waals surface area (Å²) in [6.07, 6.45) is 0. The number of benzene rings is 1. The Morgan fingerprint density at radius 1 is 1.00 bits per heavy atom. The highest BCUT2D eigenvalue weighted by atomic mass is 16.7. The second kappa shape index (κ2) is 8.46. The van der Waals surface area contributed by atoms with Gasteiger partial charge in [0.1, 0.15) is 5.76 Å². The minimum absolute atomic E-state index is 0.0659. The van der Waals surface area contributed by atoms with Crippen LogP contribution in [-0.4, -0.2) is 67.2 Å². The molecule has 1 aromatic carbocycles. The maximum atomic E-state index is 12.4. The summed E-state index contributed by atoms with van der Waals surface area (Å²) < 4.78 is 15.9. The average Bonchev–Trinajstić information content (AvgIpc) is 3.36. The van der Waals surface area contributed by atoms with Crippen LogP contribution in [0.1, 0.15) is 16.3 Å². The van der Waals surface area contributed by atoms with Crippen LogP contribution in [-0.2, 0) is 4.79 Å². The zero-order chi connectivity index (χ0) is 21.1. The summed E-state index contributed by atoms with van der Waals surface area (Å²) in [5, 5.41) is 4.90. The number of aryl methyl sites for hydroxylation is 1. The van der Waals surface area contributed by atoms with Gasteiger partial charge in [0.25, 0.3) is 5.91 Å². The van der Waals surface area contributed by atoms with E-state index in [1.54, 1.807) is 42.2 Å². The lowest BCUT2D eigenvalue weighted by Crippen LogP contribution is -2.51. The van der Waals surface area contributed by atoms with Crippen molar-refractivity contribution in [1.29, 1.82) is 0 Å². The van der Waals surface area contributed by atoms with Gasteiger partial charge in [0, 0.05) is 37.9 Å². The predicted octanol–water partition coefficient (Wildman–Crippen LogP) is 1.42. The number of ether oxygens (including phenoxy) is 2. The van der Waals surface area contributed by atoms with Crippen LogP contribution < -0.4 is 20.1 Å². The highest BCUT2D eigenvalue weighted by molar-refractivity contribution is 6.01.